The van der Waals surface area contributed by atoms with E-state index in [0.717, 1.165) is 0 Å². The molecule has 1 saturated heterocycles. The molecule has 208 valence electrons. The van der Waals surface area contributed by atoms with Gasteiger partial charge in [-0.25, -0.2) is 14.4 Å². The van der Waals surface area contributed by atoms with Crippen LogP contribution in [0.25, 0.3) is 0 Å². The molecule has 1 fully saturated rings. The van der Waals surface area contributed by atoms with Crippen molar-refractivity contribution in [2.75, 3.05) is 29.4 Å². The van der Waals surface area contributed by atoms with Crippen LogP contribution in [0.1, 0.15) is 0 Å². The molecule has 4 aromatic rings. The Balaban J connectivity index is 0.00000337. The first-order chi connectivity index (χ1) is 19.5. The minimum Gasteiger partial charge on any atom is -0.480 e. The Kier molecular flexibility index (Phi) is 7.84. The number of carbonyl (C=O) groups excluding carboxylic acids is 2. The number of carboxylic acid groups (broad SMARTS) is 1. The molecule has 4 aromatic carbocycles. The lowest BCUT2D eigenvalue weighted by Gasteiger charge is -2.43. The van der Waals surface area contributed by atoms with E-state index in [1.165, 1.54) is 14.7 Å². The van der Waals surface area contributed by atoms with Gasteiger partial charge in [-0.3, -0.25) is 9.80 Å². The van der Waals surface area contributed by atoms with Gasteiger partial charge in [-0.15, -0.1) is 0 Å². The van der Waals surface area contributed by atoms with Gasteiger partial charge in [-0.05, 0) is 48.5 Å². The third-order valence-corrected chi connectivity index (χ3v) is 7.03. The van der Waals surface area contributed by atoms with E-state index in [2.05, 4.69) is 0 Å². The first-order valence-electron chi connectivity index (χ1n) is 12.9. The molecule has 1 atom stereocenters. The second kappa shape index (κ2) is 11.6. The molecule has 0 bridgehead atoms. The molecular formula is C31H28N4O5S. The van der Waals surface area contributed by atoms with Crippen LogP contribution in [0.15, 0.2) is 109 Å². The van der Waals surface area contributed by atoms with Crippen molar-refractivity contribution < 1.29 is 24.2 Å². The number of hydrogen-bond donors (Lipinski definition) is 1. The molecule has 4 amide bonds. The number of rotatable bonds is 3. The summed E-state index contributed by atoms with van der Waals surface area (Å²) in [5, 5.41) is 10.2. The summed E-state index contributed by atoms with van der Waals surface area (Å²) in [5.74, 6) is -0.131. The number of fused-ring (bicyclic) bond motifs is 2. The Morgan fingerprint density at radius 1 is 0.707 bits per heavy atom. The van der Waals surface area contributed by atoms with Crippen LogP contribution in [0.5, 0.6) is 11.5 Å². The summed E-state index contributed by atoms with van der Waals surface area (Å²) in [6, 6.07) is 30.5. The van der Waals surface area contributed by atoms with Crippen LogP contribution in [0, 0.1) is 0 Å². The molecule has 1 N–H and O–H groups in total. The maximum atomic E-state index is 14.0. The molecule has 2 heterocycles. The number of para-hydroxylation sites is 6. The monoisotopic (exact) mass is 568 g/mol. The maximum absolute atomic E-state index is 14.0. The summed E-state index contributed by atoms with van der Waals surface area (Å²) >= 11 is 0. The van der Waals surface area contributed by atoms with Crippen molar-refractivity contribution in [3.8, 4) is 11.5 Å². The van der Waals surface area contributed by atoms with Crippen LogP contribution in [0.3, 0.4) is 0 Å². The molecule has 2 aliphatic heterocycles. The average molecular weight is 569 g/mol. The SMILES string of the molecule is O=C(O)[C@@H]1CN(C(=O)N2c3ccccc3Oc3ccccc32)CCN1C(=O)N(c1ccccc1)c1ccccc1.S. The highest BCUT2D eigenvalue weighted by molar-refractivity contribution is 7.59. The zero-order valence-electron chi connectivity index (χ0n) is 22.0. The Labute approximate surface area is 244 Å². The second-order valence-electron chi connectivity index (χ2n) is 9.44. The van der Waals surface area contributed by atoms with Crippen molar-refractivity contribution in [3.63, 3.8) is 0 Å². The van der Waals surface area contributed by atoms with Gasteiger partial charge in [0.2, 0.25) is 0 Å². The van der Waals surface area contributed by atoms with Crippen LogP contribution < -0.4 is 14.5 Å². The van der Waals surface area contributed by atoms with Gasteiger partial charge in [0, 0.05) is 13.1 Å². The van der Waals surface area contributed by atoms with Crippen LogP contribution in [-0.4, -0.2) is 58.6 Å². The number of amides is 4. The smallest absolute Gasteiger partial charge is 0.329 e. The van der Waals surface area contributed by atoms with Gasteiger partial charge in [-0.2, -0.15) is 13.5 Å². The van der Waals surface area contributed by atoms with Crippen molar-refractivity contribution in [3.05, 3.63) is 109 Å². The Bertz CT molecular complexity index is 1480. The third-order valence-electron chi connectivity index (χ3n) is 7.03. The van der Waals surface area contributed by atoms with Gasteiger partial charge in [0.25, 0.3) is 0 Å². The highest BCUT2D eigenvalue weighted by atomic mass is 32.1. The fourth-order valence-electron chi connectivity index (χ4n) is 5.10. The summed E-state index contributed by atoms with van der Waals surface area (Å²) in [4.78, 5) is 46.3. The lowest BCUT2D eigenvalue weighted by molar-refractivity contribution is -0.143. The topological polar surface area (TPSA) is 93.6 Å². The molecule has 0 aromatic heterocycles. The standard InChI is InChI=1S/C31H26N4O5.H2S/c36-29(37)26-21-32(30(38)35-24-15-7-9-17-27(24)40-28-18-10-8-16-25(28)35)19-20-33(26)31(39)34(22-11-3-1-4-12-22)23-13-5-2-6-14-23;/h1-18,26H,19-21H2,(H,36,37);1H2/t26-;/m0./s1. The van der Waals surface area contributed by atoms with Crippen LogP contribution in [0.4, 0.5) is 32.3 Å². The molecule has 0 spiro atoms. The number of hydrogen-bond acceptors (Lipinski definition) is 4. The third kappa shape index (κ3) is 5.17. The van der Waals surface area contributed by atoms with Gasteiger partial charge in [-0.1, -0.05) is 60.7 Å². The number of urea groups is 2. The fourth-order valence-corrected chi connectivity index (χ4v) is 5.10. The number of aliphatic carboxylic acids is 1. The normalized spacial score (nSPS) is 15.5. The predicted octanol–water partition coefficient (Wildman–Crippen LogP) is 6.19. The first-order valence-corrected chi connectivity index (χ1v) is 12.9. The molecule has 2 aliphatic rings. The highest BCUT2D eigenvalue weighted by Crippen LogP contribution is 2.46. The van der Waals surface area contributed by atoms with E-state index in [1.54, 1.807) is 53.4 Å². The van der Waals surface area contributed by atoms with Gasteiger partial charge in [0.05, 0.1) is 29.3 Å². The van der Waals surface area contributed by atoms with Gasteiger partial charge in [0.1, 0.15) is 6.04 Å². The lowest BCUT2D eigenvalue weighted by atomic mass is 10.1. The number of benzene rings is 4. The second-order valence-corrected chi connectivity index (χ2v) is 9.44. The van der Waals surface area contributed by atoms with Gasteiger partial charge in [0.15, 0.2) is 11.5 Å². The number of ether oxygens (including phenoxy) is 1. The number of anilines is 4. The number of carbonyl (C=O) groups is 3. The maximum Gasteiger partial charge on any atom is 0.329 e. The Morgan fingerprint density at radius 2 is 1.20 bits per heavy atom. The molecule has 41 heavy (non-hydrogen) atoms. The minimum absolute atomic E-state index is 0. The van der Waals surface area contributed by atoms with Gasteiger partial charge >= 0.3 is 18.0 Å². The van der Waals surface area contributed by atoms with E-state index in [4.69, 9.17) is 4.74 Å². The van der Waals surface area contributed by atoms with E-state index < -0.39 is 18.0 Å². The highest BCUT2D eigenvalue weighted by Gasteiger charge is 2.42. The summed E-state index contributed by atoms with van der Waals surface area (Å²) in [6.45, 7) is 0.0395. The van der Waals surface area contributed by atoms with E-state index in [9.17, 15) is 19.5 Å². The van der Waals surface area contributed by atoms with Crippen LogP contribution in [0.2, 0.25) is 0 Å². The lowest BCUT2D eigenvalue weighted by Crippen LogP contribution is -2.62. The van der Waals surface area contributed by atoms with E-state index in [-0.39, 0.29) is 39.2 Å². The quantitative estimate of drug-likeness (QED) is 0.318. The minimum atomic E-state index is -1.24. The molecule has 10 heteroatoms. The molecular weight excluding hydrogens is 540 g/mol. The molecule has 0 saturated carbocycles. The number of piperazine rings is 1. The Morgan fingerprint density at radius 3 is 1.71 bits per heavy atom. The van der Waals surface area contributed by atoms with Gasteiger partial charge < -0.3 is 19.6 Å². The van der Waals surface area contributed by atoms with E-state index >= 15 is 0 Å². The summed E-state index contributed by atoms with van der Waals surface area (Å²) in [5.41, 5.74) is 2.36. The first kappa shape index (κ1) is 27.6. The molecule has 9 nitrogen and oxygen atoms in total. The summed E-state index contributed by atoms with van der Waals surface area (Å²) in [7, 11) is 0. The van der Waals surface area contributed by atoms with Crippen molar-refractivity contribution in [1.82, 2.24) is 9.80 Å². The van der Waals surface area contributed by atoms with Crippen molar-refractivity contribution >= 4 is 54.3 Å². The fraction of sp³-hybridized carbons (Fsp3) is 0.129. The van der Waals surface area contributed by atoms with Crippen molar-refractivity contribution in [2.45, 2.75) is 6.04 Å². The largest absolute Gasteiger partial charge is 0.480 e. The molecule has 6 rings (SSSR count). The molecule has 0 aliphatic carbocycles. The van der Waals surface area contributed by atoms with Crippen LogP contribution >= 0.6 is 13.5 Å². The molecule has 0 radical (unpaired) electrons. The number of nitrogens with zero attached hydrogens (tertiary/aromatic N) is 4. The van der Waals surface area contributed by atoms with Crippen LogP contribution in [-0.2, 0) is 4.79 Å². The summed E-state index contributed by atoms with van der Waals surface area (Å²) in [6.07, 6.45) is 0. The van der Waals surface area contributed by atoms with Crippen molar-refractivity contribution in [2.24, 2.45) is 0 Å². The Hall–Kier alpha value is -4.96. The zero-order chi connectivity index (χ0) is 27.6. The summed E-state index contributed by atoms with van der Waals surface area (Å²) < 4.78 is 6.00. The van der Waals surface area contributed by atoms with E-state index in [1.807, 2.05) is 60.7 Å². The molecule has 0 unspecified atom stereocenters. The van der Waals surface area contributed by atoms with E-state index in [0.29, 0.717) is 34.2 Å². The average Bonchev–Trinajstić information content (AvgIpc) is 3.00. The zero-order valence-corrected chi connectivity index (χ0v) is 23.0. The predicted molar refractivity (Wildman–Crippen MR) is 161 cm³/mol. The van der Waals surface area contributed by atoms with Crippen molar-refractivity contribution in [1.29, 1.82) is 0 Å². The number of carboxylic acids is 1.